The zero-order chi connectivity index (χ0) is 36.0. The van der Waals surface area contributed by atoms with Gasteiger partial charge in [-0.05, 0) is 75.8 Å². The van der Waals surface area contributed by atoms with Crippen molar-refractivity contribution in [3.63, 3.8) is 0 Å². The van der Waals surface area contributed by atoms with Gasteiger partial charge in [0.15, 0.2) is 5.82 Å². The molecule has 1 aliphatic carbocycles. The largest absolute Gasteiger partial charge is 0.489 e. The van der Waals surface area contributed by atoms with Crippen LogP contribution in [0.4, 0.5) is 14.0 Å². The van der Waals surface area contributed by atoms with E-state index < -0.39 is 36.5 Å². The summed E-state index contributed by atoms with van der Waals surface area (Å²) >= 11 is 0. The molecule has 0 spiro atoms. The monoisotopic (exact) mass is 704 g/mol. The standard InChI is InChI=1S/C37H45FN6O7/c1-37(2,3)51-35(46)39-25(17-38)19-42-11-10-23-14-29-28(16-27(23)34(42)45)40-33(41(29)4)30-15-24-6-5-7-31(32(24)44(30)18-22-8-9-22)50-21-26-20-49-13-12-43(26)36(47)48/h5-7,14-16,22,25-26H,8-13,17-21H2,1-4H3,(H,39,46)(H,47,48)/t25-,26+/m1/s1. The summed E-state index contributed by atoms with van der Waals surface area (Å²) in [7, 11) is 1.97. The number of halogens is 1. The number of carbonyl (C=O) groups is 3. The van der Waals surface area contributed by atoms with Crippen LogP contribution in [-0.2, 0) is 29.5 Å². The fourth-order valence-electron chi connectivity index (χ4n) is 7.06. The van der Waals surface area contributed by atoms with E-state index in [-0.39, 0.29) is 25.7 Å². The average Bonchev–Trinajstić information content (AvgIpc) is 3.76. The Balaban J connectivity index is 1.18. The third kappa shape index (κ3) is 7.19. The van der Waals surface area contributed by atoms with Gasteiger partial charge in [0.25, 0.3) is 5.91 Å². The number of rotatable bonds is 10. The van der Waals surface area contributed by atoms with Gasteiger partial charge in [0.05, 0.1) is 47.5 Å². The summed E-state index contributed by atoms with van der Waals surface area (Å²) < 4.78 is 35.5. The van der Waals surface area contributed by atoms with E-state index >= 15 is 0 Å². The first-order chi connectivity index (χ1) is 24.4. The lowest BCUT2D eigenvalue weighted by Gasteiger charge is -2.33. The number of amides is 3. The molecule has 14 heteroatoms. The molecule has 2 fully saturated rings. The smallest absolute Gasteiger partial charge is 0.408 e. The minimum Gasteiger partial charge on any atom is -0.489 e. The SMILES string of the molecule is Cn1c(-c2cc3cccc(OC[C@@H]4COCCN4C(=O)O)c3n2CC2CC2)nc2cc3c(cc21)CCN(C[C@@H](CF)NC(=O)OC(C)(C)C)C3=O. The van der Waals surface area contributed by atoms with Crippen molar-refractivity contribution in [1.29, 1.82) is 0 Å². The number of para-hydroxylation sites is 1. The number of hydrogen-bond acceptors (Lipinski definition) is 7. The minimum atomic E-state index is -0.985. The predicted octanol–water partition coefficient (Wildman–Crippen LogP) is 5.22. The van der Waals surface area contributed by atoms with E-state index in [1.807, 2.05) is 37.4 Å². The van der Waals surface area contributed by atoms with Crippen molar-refractivity contribution >= 4 is 40.0 Å². The third-order valence-corrected chi connectivity index (χ3v) is 9.78. The van der Waals surface area contributed by atoms with Gasteiger partial charge >= 0.3 is 12.2 Å². The number of alkyl carbamates (subject to hydrolysis) is 1. The maximum absolute atomic E-state index is 14.0. The molecule has 4 aromatic rings. The van der Waals surface area contributed by atoms with Crippen LogP contribution in [-0.4, -0.2) is 111 Å². The molecule has 2 atom stereocenters. The number of aromatic nitrogens is 3. The van der Waals surface area contributed by atoms with Crippen molar-refractivity contribution in [2.24, 2.45) is 13.0 Å². The summed E-state index contributed by atoms with van der Waals surface area (Å²) in [6.07, 6.45) is 1.15. The van der Waals surface area contributed by atoms with Crippen LogP contribution in [0.2, 0.25) is 0 Å². The molecular formula is C37H45FN6O7. The first kappa shape index (κ1) is 34.6. The predicted molar refractivity (Wildman–Crippen MR) is 188 cm³/mol. The quantitative estimate of drug-likeness (QED) is 0.229. The lowest BCUT2D eigenvalue weighted by molar-refractivity contribution is -0.0147. The first-order valence-corrected chi connectivity index (χ1v) is 17.6. The zero-order valence-electron chi connectivity index (χ0n) is 29.5. The highest BCUT2D eigenvalue weighted by Gasteiger charge is 2.32. The Hall–Kier alpha value is -4.85. The van der Waals surface area contributed by atoms with Gasteiger partial charge in [-0.25, -0.2) is 19.0 Å². The second-order valence-corrected chi connectivity index (χ2v) is 14.8. The Morgan fingerprint density at radius 1 is 1.18 bits per heavy atom. The van der Waals surface area contributed by atoms with Crippen molar-refractivity contribution in [3.8, 4) is 17.3 Å². The molecule has 7 rings (SSSR count). The van der Waals surface area contributed by atoms with Crippen LogP contribution in [0.5, 0.6) is 5.75 Å². The molecule has 4 heterocycles. The summed E-state index contributed by atoms with van der Waals surface area (Å²) in [5.41, 5.74) is 4.10. The van der Waals surface area contributed by atoms with E-state index in [9.17, 15) is 23.9 Å². The van der Waals surface area contributed by atoms with Crippen LogP contribution < -0.4 is 10.1 Å². The number of hydrogen-bond donors (Lipinski definition) is 2. The van der Waals surface area contributed by atoms with Gasteiger partial charge in [0.1, 0.15) is 24.6 Å². The van der Waals surface area contributed by atoms with Gasteiger partial charge in [0.2, 0.25) is 0 Å². The van der Waals surface area contributed by atoms with E-state index in [2.05, 4.69) is 20.5 Å². The van der Waals surface area contributed by atoms with Gasteiger partial charge in [-0.2, -0.15) is 0 Å². The maximum Gasteiger partial charge on any atom is 0.408 e. The van der Waals surface area contributed by atoms with Crippen LogP contribution >= 0.6 is 0 Å². The molecule has 51 heavy (non-hydrogen) atoms. The Kier molecular flexibility index (Phi) is 9.29. The molecule has 0 bridgehead atoms. The fourth-order valence-corrected chi connectivity index (χ4v) is 7.06. The van der Waals surface area contributed by atoms with Crippen molar-refractivity contribution in [1.82, 2.24) is 29.2 Å². The normalized spacial score (nSPS) is 18.6. The number of carboxylic acid groups (broad SMARTS) is 1. The zero-order valence-corrected chi connectivity index (χ0v) is 29.5. The number of benzene rings is 2. The number of morpholine rings is 1. The molecule has 2 aliphatic heterocycles. The van der Waals surface area contributed by atoms with Crippen molar-refractivity contribution in [3.05, 3.63) is 47.5 Å². The molecule has 3 amide bonds. The summed E-state index contributed by atoms with van der Waals surface area (Å²) in [6, 6.07) is 10.5. The highest BCUT2D eigenvalue weighted by atomic mass is 19.1. The molecule has 2 N–H and O–H groups in total. The van der Waals surface area contributed by atoms with Gasteiger partial charge in [0, 0.05) is 44.2 Å². The number of ether oxygens (including phenoxy) is 3. The topological polar surface area (TPSA) is 140 Å². The van der Waals surface area contributed by atoms with E-state index in [0.717, 1.165) is 52.9 Å². The molecule has 0 radical (unpaired) electrons. The van der Waals surface area contributed by atoms with E-state index in [4.69, 9.17) is 19.2 Å². The summed E-state index contributed by atoms with van der Waals surface area (Å²) in [6.45, 7) is 6.68. The molecule has 0 unspecified atom stereocenters. The number of imidazole rings is 1. The highest BCUT2D eigenvalue weighted by Crippen LogP contribution is 2.39. The van der Waals surface area contributed by atoms with E-state index in [1.54, 1.807) is 25.7 Å². The third-order valence-electron chi connectivity index (χ3n) is 9.78. The Labute approximate surface area is 295 Å². The molecular weight excluding hydrogens is 659 g/mol. The lowest BCUT2D eigenvalue weighted by atomic mass is 9.97. The molecule has 272 valence electrons. The molecule has 2 aromatic carbocycles. The van der Waals surface area contributed by atoms with Gasteiger partial charge in [-0.1, -0.05) is 12.1 Å². The van der Waals surface area contributed by atoms with E-state index in [1.165, 1.54) is 4.90 Å². The van der Waals surface area contributed by atoms with Crippen LogP contribution in [0.15, 0.2) is 36.4 Å². The van der Waals surface area contributed by atoms with Crippen LogP contribution in [0.3, 0.4) is 0 Å². The first-order valence-electron chi connectivity index (χ1n) is 17.6. The molecule has 2 aromatic heterocycles. The maximum atomic E-state index is 14.0. The number of nitrogens with zero attached hydrogens (tertiary/aromatic N) is 5. The van der Waals surface area contributed by atoms with E-state index in [0.29, 0.717) is 48.9 Å². The van der Waals surface area contributed by atoms with Crippen LogP contribution in [0.25, 0.3) is 33.5 Å². The Bertz CT molecular complexity index is 1980. The Morgan fingerprint density at radius 2 is 1.98 bits per heavy atom. The van der Waals surface area contributed by atoms with Gasteiger partial charge in [-0.15, -0.1) is 0 Å². The number of carbonyl (C=O) groups excluding carboxylic acids is 2. The Morgan fingerprint density at radius 3 is 2.71 bits per heavy atom. The summed E-state index contributed by atoms with van der Waals surface area (Å²) in [4.78, 5) is 45.9. The molecule has 3 aliphatic rings. The number of fused-ring (bicyclic) bond motifs is 3. The van der Waals surface area contributed by atoms with Crippen LogP contribution in [0.1, 0.15) is 49.5 Å². The summed E-state index contributed by atoms with van der Waals surface area (Å²) in [5.74, 6) is 1.72. The van der Waals surface area contributed by atoms with Crippen molar-refractivity contribution in [2.75, 3.05) is 46.1 Å². The van der Waals surface area contributed by atoms with Gasteiger partial charge < -0.3 is 38.7 Å². The molecule has 1 saturated heterocycles. The minimum absolute atomic E-state index is 0.0211. The van der Waals surface area contributed by atoms with Crippen molar-refractivity contribution in [2.45, 2.75) is 64.3 Å². The number of alkyl halides is 1. The molecule has 13 nitrogen and oxygen atoms in total. The summed E-state index contributed by atoms with van der Waals surface area (Å²) in [5, 5.41) is 13.2. The average molecular weight is 705 g/mol. The molecule has 1 saturated carbocycles. The van der Waals surface area contributed by atoms with Crippen LogP contribution in [0, 0.1) is 5.92 Å². The van der Waals surface area contributed by atoms with Crippen molar-refractivity contribution < 1.29 is 38.1 Å². The fraction of sp³-hybridized carbons (Fsp3) is 0.514. The number of aryl methyl sites for hydroxylation is 1. The number of nitrogens with one attached hydrogen (secondary N) is 1. The second-order valence-electron chi connectivity index (χ2n) is 14.8. The lowest BCUT2D eigenvalue weighted by Crippen LogP contribution is -2.50. The highest BCUT2D eigenvalue weighted by molar-refractivity contribution is 6.01. The van der Waals surface area contributed by atoms with Gasteiger partial charge in [-0.3, -0.25) is 9.69 Å². The second kappa shape index (κ2) is 13.7.